The Bertz CT molecular complexity index is 667. The molecule has 3 atom stereocenters. The van der Waals surface area contributed by atoms with E-state index in [1.54, 1.807) is 0 Å². The lowest BCUT2D eigenvalue weighted by Gasteiger charge is -2.16. The van der Waals surface area contributed by atoms with Crippen LogP contribution in [0.4, 0.5) is 4.48 Å². The van der Waals surface area contributed by atoms with Crippen LogP contribution in [0.1, 0.15) is 25.1 Å². The van der Waals surface area contributed by atoms with Crippen molar-refractivity contribution in [3.8, 4) is 0 Å². The van der Waals surface area contributed by atoms with Gasteiger partial charge in [-0.05, 0) is 6.92 Å². The van der Waals surface area contributed by atoms with Crippen molar-refractivity contribution in [1.29, 1.82) is 0 Å². The van der Waals surface area contributed by atoms with Crippen LogP contribution in [0, 0.1) is 6.92 Å². The summed E-state index contributed by atoms with van der Waals surface area (Å²) in [6, 6.07) is 0. The lowest BCUT2D eigenvalue weighted by Crippen LogP contribution is -2.38. The topological polar surface area (TPSA) is 99.8 Å². The van der Waals surface area contributed by atoms with Crippen molar-refractivity contribution in [3.05, 3.63) is 32.6 Å². The molecule has 9 heteroatoms. The number of ether oxygens (including phenoxy) is 2. The van der Waals surface area contributed by atoms with Gasteiger partial charge in [-0.15, -0.1) is 0 Å². The number of esters is 1. The van der Waals surface area contributed by atoms with E-state index in [-0.39, 0.29) is 18.6 Å². The van der Waals surface area contributed by atoms with E-state index in [2.05, 4.69) is 0 Å². The van der Waals surface area contributed by atoms with Crippen LogP contribution in [0.15, 0.2) is 15.8 Å². The van der Waals surface area contributed by atoms with Gasteiger partial charge in [0.05, 0.1) is 6.10 Å². The second-order valence-corrected chi connectivity index (χ2v) is 4.82. The van der Waals surface area contributed by atoms with E-state index < -0.39 is 40.4 Å². The average Bonchev–Trinajstić information content (AvgIpc) is 2.79. The molecule has 116 valence electrons. The van der Waals surface area contributed by atoms with E-state index >= 15 is 0 Å². The Morgan fingerprint density at radius 2 is 2.24 bits per heavy atom. The Morgan fingerprint density at radius 3 is 2.86 bits per heavy atom. The molecule has 2 rings (SSSR count). The Hall–Kier alpha value is -2.00. The van der Waals surface area contributed by atoms with Gasteiger partial charge < -0.3 is 14.6 Å². The van der Waals surface area contributed by atoms with Gasteiger partial charge in [-0.1, -0.05) is 9.27 Å². The molecule has 1 saturated heterocycles. The van der Waals surface area contributed by atoms with Gasteiger partial charge >= 0.3 is 11.7 Å². The van der Waals surface area contributed by atoms with Crippen molar-refractivity contribution in [2.45, 2.75) is 38.7 Å². The third-order valence-electron chi connectivity index (χ3n) is 3.20. The maximum absolute atomic E-state index is 13.4. The first-order chi connectivity index (χ1) is 9.81. The number of aromatic nitrogens is 2. The predicted octanol–water partition coefficient (Wildman–Crippen LogP) is -0.737. The molecule has 0 bridgehead atoms. The third kappa shape index (κ3) is 3.03. The Morgan fingerprint density at radius 1 is 1.57 bits per heavy atom. The van der Waals surface area contributed by atoms with Gasteiger partial charge in [0.2, 0.25) is 0 Å². The molecule has 0 saturated carbocycles. The summed E-state index contributed by atoms with van der Waals surface area (Å²) in [6.45, 7) is 2.40. The van der Waals surface area contributed by atoms with Crippen LogP contribution in [-0.2, 0) is 14.3 Å². The van der Waals surface area contributed by atoms with Crippen LogP contribution in [0.25, 0.3) is 0 Å². The number of halogens is 1. The van der Waals surface area contributed by atoms with E-state index in [1.165, 1.54) is 20.0 Å². The number of aryl methyl sites for hydroxylation is 1. The van der Waals surface area contributed by atoms with Crippen LogP contribution in [0.3, 0.4) is 0 Å². The molecule has 0 amide bonds. The van der Waals surface area contributed by atoms with E-state index in [0.29, 0.717) is 0 Å². The minimum absolute atomic E-state index is 0.0173. The normalized spacial score (nSPS) is 25.0. The molecule has 21 heavy (non-hydrogen) atoms. The van der Waals surface area contributed by atoms with Gasteiger partial charge in [0.15, 0.2) is 0 Å². The summed E-state index contributed by atoms with van der Waals surface area (Å²) < 4.78 is 24.5. The maximum atomic E-state index is 13.4. The highest BCUT2D eigenvalue weighted by Gasteiger charge is 2.36. The Labute approximate surface area is 118 Å². The third-order valence-corrected chi connectivity index (χ3v) is 3.20. The highest BCUT2D eigenvalue weighted by molar-refractivity contribution is 5.65. The quantitative estimate of drug-likeness (QED) is 0.738. The standard InChI is InChI=1S/C12H15FN2O6/c1-6-4-14(12(19)15(13)11(6)18)10-3-8(17)9(21-10)5-20-7(2)16/h4,8-10,17H,3,5H2,1-2H3/t8-,9+,10+/m0/s1. The number of aliphatic hydroxyl groups excluding tert-OH is 1. The van der Waals surface area contributed by atoms with Crippen LogP contribution in [0.2, 0.25) is 0 Å². The number of aliphatic hydroxyl groups is 1. The molecule has 1 fully saturated rings. The molecule has 0 spiro atoms. The second kappa shape index (κ2) is 5.78. The second-order valence-electron chi connectivity index (χ2n) is 4.82. The molecule has 8 nitrogen and oxygen atoms in total. The molecule has 1 aromatic heterocycles. The van der Waals surface area contributed by atoms with Crippen molar-refractivity contribution in [2.75, 3.05) is 6.61 Å². The van der Waals surface area contributed by atoms with Gasteiger partial charge in [-0.2, -0.15) is 0 Å². The molecule has 0 aliphatic carbocycles. The summed E-state index contributed by atoms with van der Waals surface area (Å²) in [7, 11) is 0. The zero-order valence-corrected chi connectivity index (χ0v) is 11.5. The van der Waals surface area contributed by atoms with Crippen molar-refractivity contribution in [3.63, 3.8) is 0 Å². The van der Waals surface area contributed by atoms with Gasteiger partial charge in [-0.3, -0.25) is 14.2 Å². The number of hydrogen-bond donors (Lipinski definition) is 1. The lowest BCUT2D eigenvalue weighted by atomic mass is 10.2. The van der Waals surface area contributed by atoms with Crippen molar-refractivity contribution in [2.24, 2.45) is 0 Å². The first-order valence-corrected chi connectivity index (χ1v) is 6.29. The maximum Gasteiger partial charge on any atom is 0.362 e. The average molecular weight is 302 g/mol. The predicted molar refractivity (Wildman–Crippen MR) is 67.4 cm³/mol. The van der Waals surface area contributed by atoms with E-state index in [0.717, 1.165) is 4.57 Å². The molecule has 1 aromatic rings. The van der Waals surface area contributed by atoms with Gasteiger partial charge in [-0.25, -0.2) is 4.79 Å². The van der Waals surface area contributed by atoms with Crippen LogP contribution in [-0.4, -0.2) is 39.2 Å². The number of carbonyl (C=O) groups excluding carboxylic acids is 1. The fourth-order valence-electron chi connectivity index (χ4n) is 2.10. The number of rotatable bonds is 3. The smallest absolute Gasteiger partial charge is 0.362 e. The van der Waals surface area contributed by atoms with Crippen LogP contribution < -0.4 is 11.2 Å². The minimum atomic E-state index is -1.18. The van der Waals surface area contributed by atoms with Gasteiger partial charge in [0.25, 0.3) is 5.56 Å². The van der Waals surface area contributed by atoms with Crippen molar-refractivity contribution < 1.29 is 23.9 Å². The monoisotopic (exact) mass is 302 g/mol. The van der Waals surface area contributed by atoms with Crippen LogP contribution >= 0.6 is 0 Å². The zero-order chi connectivity index (χ0) is 15.7. The molecular weight excluding hydrogens is 287 g/mol. The molecule has 1 aliphatic rings. The van der Waals surface area contributed by atoms with E-state index in [1.807, 2.05) is 0 Å². The molecule has 1 aliphatic heterocycles. The first kappa shape index (κ1) is 15.4. The van der Waals surface area contributed by atoms with E-state index in [9.17, 15) is 24.0 Å². The number of carbonyl (C=O) groups is 1. The van der Waals surface area contributed by atoms with Crippen molar-refractivity contribution >= 4 is 5.97 Å². The minimum Gasteiger partial charge on any atom is -0.463 e. The molecule has 0 aromatic carbocycles. The Kier molecular flexibility index (Phi) is 4.24. The number of nitrogens with zero attached hydrogens (tertiary/aromatic N) is 2. The fourth-order valence-corrected chi connectivity index (χ4v) is 2.10. The molecular formula is C12H15FN2O6. The Balaban J connectivity index is 2.23. The van der Waals surface area contributed by atoms with Crippen LogP contribution in [0.5, 0.6) is 0 Å². The molecule has 0 radical (unpaired) electrons. The zero-order valence-electron chi connectivity index (χ0n) is 11.5. The summed E-state index contributed by atoms with van der Waals surface area (Å²) in [4.78, 5) is 33.2. The molecule has 0 unspecified atom stereocenters. The summed E-state index contributed by atoms with van der Waals surface area (Å²) in [5, 5.41) is 9.82. The largest absolute Gasteiger partial charge is 0.463 e. The molecule has 1 N–H and O–H groups in total. The fraction of sp³-hybridized carbons (Fsp3) is 0.583. The van der Waals surface area contributed by atoms with E-state index in [4.69, 9.17) is 9.47 Å². The SMILES string of the molecule is CC(=O)OC[C@H]1O[C@@H](n2cc(C)c(=O)n(F)c2=O)C[C@@H]1O. The van der Waals surface area contributed by atoms with Gasteiger partial charge in [0.1, 0.15) is 18.9 Å². The summed E-state index contributed by atoms with van der Waals surface area (Å²) in [5.41, 5.74) is -2.19. The van der Waals surface area contributed by atoms with Crippen molar-refractivity contribution in [1.82, 2.24) is 9.36 Å². The lowest BCUT2D eigenvalue weighted by molar-refractivity contribution is -0.147. The highest BCUT2D eigenvalue weighted by Crippen LogP contribution is 2.27. The summed E-state index contributed by atoms with van der Waals surface area (Å²) >= 11 is 0. The summed E-state index contributed by atoms with van der Waals surface area (Å²) in [5.74, 6) is -0.528. The highest BCUT2D eigenvalue weighted by atomic mass is 19.2. The summed E-state index contributed by atoms with van der Waals surface area (Å²) in [6.07, 6.45) is -1.53. The van der Waals surface area contributed by atoms with Gasteiger partial charge in [0, 0.05) is 25.1 Å². The molecule has 2 heterocycles. The first-order valence-electron chi connectivity index (χ1n) is 6.29. The number of hydrogen-bond acceptors (Lipinski definition) is 6.